The highest BCUT2D eigenvalue weighted by atomic mass is 127. The van der Waals surface area contributed by atoms with Gasteiger partial charge >= 0.3 is 0 Å². The van der Waals surface area contributed by atoms with Gasteiger partial charge < -0.3 is 10.6 Å². The molecule has 0 amide bonds. The van der Waals surface area contributed by atoms with Crippen molar-refractivity contribution in [3.8, 4) is 0 Å². The summed E-state index contributed by atoms with van der Waals surface area (Å²) in [5.74, 6) is 0.834. The van der Waals surface area contributed by atoms with Crippen molar-refractivity contribution in [2.75, 3.05) is 19.6 Å². The van der Waals surface area contributed by atoms with E-state index in [0.717, 1.165) is 29.8 Å². The van der Waals surface area contributed by atoms with Crippen LogP contribution >= 0.6 is 35.3 Å². The maximum Gasteiger partial charge on any atom is 0.191 e. The van der Waals surface area contributed by atoms with Crippen LogP contribution in [0.15, 0.2) is 34.6 Å². The van der Waals surface area contributed by atoms with Crippen molar-refractivity contribution in [1.82, 2.24) is 20.5 Å². The Labute approximate surface area is 202 Å². The molecule has 0 radical (unpaired) electrons. The van der Waals surface area contributed by atoms with E-state index in [1.165, 1.54) is 37.1 Å². The fourth-order valence-corrected chi connectivity index (χ4v) is 4.32. The minimum Gasteiger partial charge on any atom is -0.357 e. The van der Waals surface area contributed by atoms with E-state index < -0.39 is 0 Å². The summed E-state index contributed by atoms with van der Waals surface area (Å²) >= 11 is 1.71. The topological polar surface area (TPSA) is 52.6 Å². The number of nitrogens with zero attached hydrogens (tertiary/aromatic N) is 3. The number of hydrogen-bond donors (Lipinski definition) is 2. The predicted octanol–water partition coefficient (Wildman–Crippen LogP) is 4.91. The van der Waals surface area contributed by atoms with E-state index in [1.54, 1.807) is 11.3 Å². The van der Waals surface area contributed by atoms with Crippen LogP contribution in [0.25, 0.3) is 0 Å². The van der Waals surface area contributed by atoms with Gasteiger partial charge in [-0.05, 0) is 44.0 Å². The molecule has 1 aromatic carbocycles. The molecule has 1 aromatic heterocycles. The van der Waals surface area contributed by atoms with Gasteiger partial charge in [-0.3, -0.25) is 4.90 Å². The second kappa shape index (κ2) is 12.0. The molecule has 0 bridgehead atoms. The van der Waals surface area contributed by atoms with Crippen LogP contribution in [0.4, 0.5) is 0 Å². The number of halogens is 1. The molecular weight excluding hydrogens is 505 g/mol. The van der Waals surface area contributed by atoms with Gasteiger partial charge in [-0.1, -0.05) is 45.0 Å². The molecule has 1 aliphatic heterocycles. The highest BCUT2D eigenvalue weighted by Gasteiger charge is 2.17. The zero-order valence-electron chi connectivity index (χ0n) is 18.7. The van der Waals surface area contributed by atoms with Crippen molar-refractivity contribution < 1.29 is 0 Å². The number of aromatic nitrogens is 1. The first-order chi connectivity index (χ1) is 13.9. The van der Waals surface area contributed by atoms with Gasteiger partial charge in [0.2, 0.25) is 0 Å². The largest absolute Gasteiger partial charge is 0.357 e. The van der Waals surface area contributed by atoms with E-state index in [4.69, 9.17) is 9.98 Å². The lowest BCUT2D eigenvalue weighted by molar-refractivity contribution is 0.331. The standard InChI is InChI=1S/C23H35N5S.HI/c1-5-24-22(26-15-21-27-20(17-29-21)23(2,3)4)25-14-18-8-10-19(11-9-18)16-28-12-6-7-13-28;/h8-11,17H,5-7,12-16H2,1-4H3,(H2,24,25,26);1H. The van der Waals surface area contributed by atoms with Gasteiger partial charge in [0.05, 0.1) is 18.8 Å². The predicted molar refractivity (Wildman–Crippen MR) is 139 cm³/mol. The van der Waals surface area contributed by atoms with E-state index >= 15 is 0 Å². The molecule has 1 saturated heterocycles. The number of nitrogens with one attached hydrogen (secondary N) is 2. The van der Waals surface area contributed by atoms with E-state index in [0.29, 0.717) is 13.1 Å². The maximum atomic E-state index is 4.75. The number of hydrogen-bond acceptors (Lipinski definition) is 4. The van der Waals surface area contributed by atoms with Crippen molar-refractivity contribution in [3.63, 3.8) is 0 Å². The van der Waals surface area contributed by atoms with Gasteiger partial charge in [0.15, 0.2) is 5.96 Å². The molecule has 30 heavy (non-hydrogen) atoms. The van der Waals surface area contributed by atoms with Crippen molar-refractivity contribution >= 4 is 41.3 Å². The van der Waals surface area contributed by atoms with Crippen LogP contribution in [0.2, 0.25) is 0 Å². The molecule has 7 heteroatoms. The number of aliphatic imine (C=N–C) groups is 1. The summed E-state index contributed by atoms with van der Waals surface area (Å²) in [6.07, 6.45) is 2.68. The average Bonchev–Trinajstić information content (AvgIpc) is 3.37. The second-order valence-corrected chi connectivity index (χ2v) is 9.67. The highest BCUT2D eigenvalue weighted by molar-refractivity contribution is 14.0. The number of guanidine groups is 1. The summed E-state index contributed by atoms with van der Waals surface area (Å²) in [7, 11) is 0. The molecular formula is C23H36IN5S. The zero-order valence-corrected chi connectivity index (χ0v) is 21.8. The van der Waals surface area contributed by atoms with Crippen LogP contribution in [0.3, 0.4) is 0 Å². The SMILES string of the molecule is CCNC(=NCc1ccc(CN2CCCC2)cc1)NCc1nc(C(C)(C)C)cs1.I. The summed E-state index contributed by atoms with van der Waals surface area (Å²) in [5.41, 5.74) is 3.86. The molecule has 1 aliphatic rings. The summed E-state index contributed by atoms with van der Waals surface area (Å²) in [6.45, 7) is 14.4. The van der Waals surface area contributed by atoms with Gasteiger partial charge in [-0.2, -0.15) is 0 Å². The normalized spacial score (nSPS) is 15.1. The Morgan fingerprint density at radius 1 is 1.10 bits per heavy atom. The van der Waals surface area contributed by atoms with Crippen molar-refractivity contribution in [3.05, 3.63) is 51.5 Å². The smallest absolute Gasteiger partial charge is 0.191 e. The Hall–Kier alpha value is -1.19. The number of rotatable bonds is 7. The van der Waals surface area contributed by atoms with Gasteiger partial charge in [0.25, 0.3) is 0 Å². The third-order valence-corrected chi connectivity index (χ3v) is 5.97. The van der Waals surface area contributed by atoms with Crippen molar-refractivity contribution in [1.29, 1.82) is 0 Å². The van der Waals surface area contributed by atoms with E-state index in [2.05, 4.69) is 72.9 Å². The molecule has 2 heterocycles. The quantitative estimate of drug-likeness (QED) is 0.297. The third kappa shape index (κ3) is 7.81. The highest BCUT2D eigenvalue weighted by Crippen LogP contribution is 2.23. The summed E-state index contributed by atoms with van der Waals surface area (Å²) in [5, 5.41) is 9.99. The molecule has 2 aromatic rings. The minimum absolute atomic E-state index is 0. The van der Waals surface area contributed by atoms with Gasteiger partial charge in [0.1, 0.15) is 5.01 Å². The maximum absolute atomic E-state index is 4.75. The van der Waals surface area contributed by atoms with Gasteiger partial charge in [-0.25, -0.2) is 9.98 Å². The molecule has 1 fully saturated rings. The molecule has 0 saturated carbocycles. The Kier molecular flexibility index (Phi) is 10.0. The first-order valence-corrected chi connectivity index (χ1v) is 11.6. The van der Waals surface area contributed by atoms with Crippen LogP contribution in [0, 0.1) is 0 Å². The molecule has 2 N–H and O–H groups in total. The zero-order chi connectivity index (χ0) is 20.7. The second-order valence-electron chi connectivity index (χ2n) is 8.72. The molecule has 166 valence electrons. The van der Waals surface area contributed by atoms with Crippen LogP contribution in [0.5, 0.6) is 0 Å². The van der Waals surface area contributed by atoms with E-state index in [9.17, 15) is 0 Å². The lowest BCUT2D eigenvalue weighted by atomic mass is 9.93. The average molecular weight is 542 g/mol. The van der Waals surface area contributed by atoms with Crippen LogP contribution in [-0.2, 0) is 25.0 Å². The van der Waals surface area contributed by atoms with Crippen molar-refractivity contribution in [2.45, 2.75) is 65.6 Å². The Bertz CT molecular complexity index is 789. The summed E-state index contributed by atoms with van der Waals surface area (Å²) in [4.78, 5) is 12.0. The number of thiazole rings is 1. The van der Waals surface area contributed by atoms with Gasteiger partial charge in [-0.15, -0.1) is 35.3 Å². The Morgan fingerprint density at radius 2 is 1.77 bits per heavy atom. The molecule has 0 aliphatic carbocycles. The van der Waals surface area contributed by atoms with E-state index in [-0.39, 0.29) is 29.4 Å². The monoisotopic (exact) mass is 541 g/mol. The number of benzene rings is 1. The molecule has 0 atom stereocenters. The fourth-order valence-electron chi connectivity index (χ4n) is 3.36. The Balaban J connectivity index is 0.00000320. The molecule has 0 spiro atoms. The number of likely N-dealkylation sites (tertiary alicyclic amines) is 1. The first-order valence-electron chi connectivity index (χ1n) is 10.7. The van der Waals surface area contributed by atoms with Crippen LogP contribution in [-0.4, -0.2) is 35.5 Å². The third-order valence-electron chi connectivity index (χ3n) is 5.12. The first kappa shape index (κ1) is 25.1. The lowest BCUT2D eigenvalue weighted by Gasteiger charge is -2.15. The summed E-state index contributed by atoms with van der Waals surface area (Å²) < 4.78 is 0. The van der Waals surface area contributed by atoms with Crippen LogP contribution < -0.4 is 10.6 Å². The van der Waals surface area contributed by atoms with Crippen LogP contribution in [0.1, 0.15) is 62.4 Å². The van der Waals surface area contributed by atoms with Crippen molar-refractivity contribution in [2.24, 2.45) is 4.99 Å². The van der Waals surface area contributed by atoms with E-state index in [1.807, 2.05) is 0 Å². The molecule has 3 rings (SSSR count). The molecule has 5 nitrogen and oxygen atoms in total. The summed E-state index contributed by atoms with van der Waals surface area (Å²) in [6, 6.07) is 8.89. The Morgan fingerprint density at radius 3 is 2.37 bits per heavy atom. The molecule has 0 unspecified atom stereocenters. The van der Waals surface area contributed by atoms with Gasteiger partial charge in [0, 0.05) is 23.9 Å². The lowest BCUT2D eigenvalue weighted by Crippen LogP contribution is -2.36. The fraction of sp³-hybridized carbons (Fsp3) is 0.565. The minimum atomic E-state index is 0.